The second-order valence-corrected chi connectivity index (χ2v) is 7.46. The lowest BCUT2D eigenvalue weighted by Gasteiger charge is -2.12. The molecule has 0 radical (unpaired) electrons. The Morgan fingerprint density at radius 2 is 1.47 bits per heavy atom. The summed E-state index contributed by atoms with van der Waals surface area (Å²) in [5, 5.41) is 9.36. The van der Waals surface area contributed by atoms with E-state index < -0.39 is 0 Å². The van der Waals surface area contributed by atoms with E-state index in [0.717, 1.165) is 22.7 Å². The topological polar surface area (TPSA) is 97.4 Å². The highest BCUT2D eigenvalue weighted by atomic mass is 16.5. The third kappa shape index (κ3) is 5.60. The van der Waals surface area contributed by atoms with Gasteiger partial charge in [-0.25, -0.2) is 4.98 Å². The fourth-order valence-electron chi connectivity index (χ4n) is 3.24. The van der Waals surface area contributed by atoms with E-state index in [1.807, 2.05) is 49.4 Å². The minimum Gasteiger partial charge on any atom is -0.497 e. The number of aromatic nitrogens is 2. The Hall–Kier alpha value is -4.59. The number of carbonyl (C=O) groups excluding carboxylic acids is 1. The largest absolute Gasteiger partial charge is 0.497 e. The third-order valence-corrected chi connectivity index (χ3v) is 5.10. The molecule has 8 heteroatoms. The van der Waals surface area contributed by atoms with E-state index in [1.165, 1.54) is 0 Å². The molecule has 1 amide bonds. The van der Waals surface area contributed by atoms with Crippen molar-refractivity contribution in [2.75, 3.05) is 30.2 Å². The summed E-state index contributed by atoms with van der Waals surface area (Å²) in [6.45, 7) is 2.00. The van der Waals surface area contributed by atoms with E-state index in [9.17, 15) is 4.79 Å². The molecule has 0 aliphatic carbocycles. The van der Waals surface area contributed by atoms with Crippen LogP contribution in [0.15, 0.2) is 79.0 Å². The van der Waals surface area contributed by atoms with Gasteiger partial charge < -0.3 is 25.4 Å². The van der Waals surface area contributed by atoms with Crippen LogP contribution in [0.3, 0.4) is 0 Å². The summed E-state index contributed by atoms with van der Waals surface area (Å²) >= 11 is 0. The van der Waals surface area contributed by atoms with E-state index in [1.54, 1.807) is 50.7 Å². The number of carbonyl (C=O) groups is 1. The molecule has 3 aromatic carbocycles. The molecular weight excluding hydrogens is 430 g/mol. The van der Waals surface area contributed by atoms with Crippen molar-refractivity contribution in [2.24, 2.45) is 0 Å². The number of nitrogens with zero attached hydrogens (tertiary/aromatic N) is 2. The standard InChI is InChI=1S/C26H25N5O3/c1-17-16-22(34-3)12-13-23(17)30-24-14-15-27-26(31-24)29-20-8-6-19(7-9-20)28-25(32)18-4-10-21(33-2)11-5-18/h4-16H,1-3H3,(H,28,32)(H2,27,29,30,31). The number of aryl methyl sites for hydroxylation is 1. The fraction of sp³-hybridized carbons (Fsp3) is 0.115. The molecule has 0 spiro atoms. The molecule has 0 unspecified atom stereocenters. The smallest absolute Gasteiger partial charge is 0.255 e. The van der Waals surface area contributed by atoms with Crippen LogP contribution in [0.2, 0.25) is 0 Å². The first-order valence-electron chi connectivity index (χ1n) is 10.6. The number of amides is 1. The molecule has 1 heterocycles. The first-order valence-corrected chi connectivity index (χ1v) is 10.6. The van der Waals surface area contributed by atoms with Crippen LogP contribution in [0.1, 0.15) is 15.9 Å². The highest BCUT2D eigenvalue weighted by Crippen LogP contribution is 2.25. The van der Waals surface area contributed by atoms with Crippen LogP contribution in [0.25, 0.3) is 0 Å². The molecule has 0 saturated heterocycles. The Kier molecular flexibility index (Phi) is 6.88. The van der Waals surface area contributed by atoms with E-state index >= 15 is 0 Å². The van der Waals surface area contributed by atoms with Crippen molar-refractivity contribution in [3.63, 3.8) is 0 Å². The lowest BCUT2D eigenvalue weighted by Crippen LogP contribution is -2.11. The highest BCUT2D eigenvalue weighted by Gasteiger charge is 2.07. The van der Waals surface area contributed by atoms with Crippen molar-refractivity contribution in [1.29, 1.82) is 0 Å². The van der Waals surface area contributed by atoms with Crippen LogP contribution in [0, 0.1) is 6.92 Å². The zero-order chi connectivity index (χ0) is 23.9. The fourth-order valence-corrected chi connectivity index (χ4v) is 3.24. The van der Waals surface area contributed by atoms with E-state index in [0.29, 0.717) is 28.8 Å². The molecule has 0 saturated carbocycles. The quantitative estimate of drug-likeness (QED) is 0.321. The number of methoxy groups -OCH3 is 2. The summed E-state index contributed by atoms with van der Waals surface area (Å²) < 4.78 is 10.4. The number of benzene rings is 3. The van der Waals surface area contributed by atoms with Crippen molar-refractivity contribution in [3.05, 3.63) is 90.1 Å². The van der Waals surface area contributed by atoms with E-state index in [2.05, 4.69) is 25.9 Å². The zero-order valence-electron chi connectivity index (χ0n) is 19.1. The summed E-state index contributed by atoms with van der Waals surface area (Å²) in [4.78, 5) is 21.3. The number of ether oxygens (including phenoxy) is 2. The average molecular weight is 456 g/mol. The monoisotopic (exact) mass is 455 g/mol. The molecule has 0 aliphatic heterocycles. The molecule has 0 atom stereocenters. The summed E-state index contributed by atoms with van der Waals surface area (Å²) in [5.74, 6) is 2.42. The maximum absolute atomic E-state index is 12.4. The predicted octanol–water partition coefficient (Wildman–Crippen LogP) is 5.54. The van der Waals surface area contributed by atoms with Crippen molar-refractivity contribution >= 4 is 34.7 Å². The summed E-state index contributed by atoms with van der Waals surface area (Å²) in [5.41, 5.74) is 3.99. The number of anilines is 5. The third-order valence-electron chi connectivity index (χ3n) is 5.10. The second kappa shape index (κ2) is 10.4. The van der Waals surface area contributed by atoms with Crippen molar-refractivity contribution in [1.82, 2.24) is 9.97 Å². The lowest BCUT2D eigenvalue weighted by atomic mass is 10.2. The molecule has 3 N–H and O–H groups in total. The highest BCUT2D eigenvalue weighted by molar-refractivity contribution is 6.04. The molecule has 1 aromatic heterocycles. The van der Waals surface area contributed by atoms with Crippen LogP contribution in [-0.4, -0.2) is 30.1 Å². The van der Waals surface area contributed by atoms with E-state index in [4.69, 9.17) is 9.47 Å². The molecule has 4 aromatic rings. The van der Waals surface area contributed by atoms with Crippen molar-refractivity contribution < 1.29 is 14.3 Å². The van der Waals surface area contributed by atoms with Crippen LogP contribution < -0.4 is 25.4 Å². The van der Waals surface area contributed by atoms with Gasteiger partial charge in [-0.15, -0.1) is 0 Å². The molecule has 0 fully saturated rings. The minimum absolute atomic E-state index is 0.195. The van der Waals surface area contributed by atoms with Gasteiger partial charge in [0.05, 0.1) is 14.2 Å². The first-order chi connectivity index (χ1) is 16.5. The Bertz CT molecular complexity index is 1270. The normalized spacial score (nSPS) is 10.3. The molecule has 0 aliphatic rings. The average Bonchev–Trinajstić information content (AvgIpc) is 2.86. The van der Waals surface area contributed by atoms with Crippen molar-refractivity contribution in [3.8, 4) is 11.5 Å². The molecule has 0 bridgehead atoms. The van der Waals surface area contributed by atoms with Gasteiger partial charge in [-0.1, -0.05) is 0 Å². The zero-order valence-corrected chi connectivity index (χ0v) is 19.1. The molecule has 34 heavy (non-hydrogen) atoms. The Morgan fingerprint density at radius 3 is 2.15 bits per heavy atom. The van der Waals surface area contributed by atoms with E-state index in [-0.39, 0.29) is 5.91 Å². The maximum atomic E-state index is 12.4. The second-order valence-electron chi connectivity index (χ2n) is 7.46. The Morgan fingerprint density at radius 1 is 0.794 bits per heavy atom. The Labute approximate surface area is 198 Å². The summed E-state index contributed by atoms with van der Waals surface area (Å²) in [6, 6.07) is 21.9. The van der Waals surface area contributed by atoms with Gasteiger partial charge in [0.15, 0.2) is 0 Å². The SMILES string of the molecule is COc1ccc(C(=O)Nc2ccc(Nc3nccc(Nc4ccc(OC)cc4C)n3)cc2)cc1. The summed E-state index contributed by atoms with van der Waals surface area (Å²) in [6.07, 6.45) is 1.68. The minimum atomic E-state index is -0.195. The van der Waals surface area contributed by atoms with Crippen LogP contribution in [0.5, 0.6) is 11.5 Å². The van der Waals surface area contributed by atoms with Crippen LogP contribution in [-0.2, 0) is 0 Å². The maximum Gasteiger partial charge on any atom is 0.255 e. The molecular formula is C26H25N5O3. The first kappa shape index (κ1) is 22.6. The summed E-state index contributed by atoms with van der Waals surface area (Å²) in [7, 11) is 3.23. The molecule has 8 nitrogen and oxygen atoms in total. The number of hydrogen-bond acceptors (Lipinski definition) is 7. The number of hydrogen-bond donors (Lipinski definition) is 3. The van der Waals surface area contributed by atoms with Gasteiger partial charge in [0.1, 0.15) is 17.3 Å². The van der Waals surface area contributed by atoms with Gasteiger partial charge >= 0.3 is 0 Å². The Balaban J connectivity index is 1.39. The van der Waals surface area contributed by atoms with Crippen LogP contribution in [0.4, 0.5) is 28.8 Å². The van der Waals surface area contributed by atoms with Crippen molar-refractivity contribution in [2.45, 2.75) is 6.92 Å². The van der Waals surface area contributed by atoms with Gasteiger partial charge in [-0.3, -0.25) is 4.79 Å². The van der Waals surface area contributed by atoms with Gasteiger partial charge in [-0.05, 0) is 85.3 Å². The number of nitrogens with one attached hydrogen (secondary N) is 3. The number of rotatable bonds is 8. The van der Waals surface area contributed by atoms with Gasteiger partial charge in [0.25, 0.3) is 5.91 Å². The van der Waals surface area contributed by atoms with Crippen LogP contribution >= 0.6 is 0 Å². The molecule has 4 rings (SSSR count). The molecule has 172 valence electrons. The van der Waals surface area contributed by atoms with Gasteiger partial charge in [-0.2, -0.15) is 4.98 Å². The lowest BCUT2D eigenvalue weighted by molar-refractivity contribution is 0.102. The van der Waals surface area contributed by atoms with Gasteiger partial charge in [0, 0.05) is 28.8 Å². The van der Waals surface area contributed by atoms with Gasteiger partial charge in [0.2, 0.25) is 5.95 Å². The predicted molar refractivity (Wildman–Crippen MR) is 134 cm³/mol.